The van der Waals surface area contributed by atoms with Gasteiger partial charge < -0.3 is 9.30 Å². The normalized spacial score (nSPS) is 11.6. The lowest BCUT2D eigenvalue weighted by Crippen LogP contribution is -2.02. The molecule has 0 amide bonds. The minimum atomic E-state index is 0.690. The number of benzene rings is 1. The second kappa shape index (κ2) is 6.43. The van der Waals surface area contributed by atoms with Gasteiger partial charge in [0.05, 0.1) is 18.6 Å². The molecule has 0 spiro atoms. The van der Waals surface area contributed by atoms with E-state index in [-0.39, 0.29) is 0 Å². The first kappa shape index (κ1) is 13.7. The van der Waals surface area contributed by atoms with E-state index >= 15 is 0 Å². The maximum absolute atomic E-state index is 6.11. The molecule has 19 heavy (non-hydrogen) atoms. The van der Waals surface area contributed by atoms with E-state index in [0.29, 0.717) is 11.6 Å². The second-order valence-electron chi connectivity index (χ2n) is 4.13. The summed E-state index contributed by atoms with van der Waals surface area (Å²) >= 11 is 6.11. The molecule has 0 atom stereocenters. The van der Waals surface area contributed by atoms with Crippen molar-refractivity contribution in [1.29, 1.82) is 0 Å². The van der Waals surface area contributed by atoms with Gasteiger partial charge in [-0.2, -0.15) is 0 Å². The number of rotatable bonds is 5. The first-order chi connectivity index (χ1) is 9.26. The summed E-state index contributed by atoms with van der Waals surface area (Å²) in [6.45, 7) is 4.76. The van der Waals surface area contributed by atoms with Gasteiger partial charge in [0.2, 0.25) is 0 Å². The Morgan fingerprint density at radius 1 is 1.47 bits per heavy atom. The summed E-state index contributed by atoms with van der Waals surface area (Å²) in [7, 11) is 0. The van der Waals surface area contributed by atoms with E-state index in [1.165, 1.54) is 0 Å². The van der Waals surface area contributed by atoms with Gasteiger partial charge in [0, 0.05) is 23.0 Å². The van der Waals surface area contributed by atoms with Crippen molar-refractivity contribution in [3.05, 3.63) is 53.6 Å². The van der Waals surface area contributed by atoms with Gasteiger partial charge in [0.1, 0.15) is 5.75 Å². The molecule has 0 aliphatic carbocycles. The van der Waals surface area contributed by atoms with Gasteiger partial charge in [-0.05, 0) is 31.5 Å². The number of imidazole rings is 1. The predicted octanol–water partition coefficient (Wildman–Crippen LogP) is 4.23. The molecule has 0 saturated carbocycles. The van der Waals surface area contributed by atoms with E-state index in [4.69, 9.17) is 16.3 Å². The predicted molar refractivity (Wildman–Crippen MR) is 78.5 cm³/mol. The van der Waals surface area contributed by atoms with Gasteiger partial charge in [0.15, 0.2) is 0 Å². The highest BCUT2D eigenvalue weighted by molar-refractivity contribution is 6.30. The molecule has 0 fully saturated rings. The lowest BCUT2D eigenvalue weighted by atomic mass is 10.1. The Kier molecular flexibility index (Phi) is 4.63. The Morgan fingerprint density at radius 3 is 2.95 bits per heavy atom. The molecule has 100 valence electrons. The molecule has 0 N–H and O–H groups in total. The second-order valence-corrected chi connectivity index (χ2v) is 4.57. The quantitative estimate of drug-likeness (QED) is 0.817. The number of ether oxygens (including phenoxy) is 1. The Labute approximate surface area is 118 Å². The maximum atomic E-state index is 6.11. The Balaban J connectivity index is 2.44. The van der Waals surface area contributed by atoms with Crippen LogP contribution in [0.4, 0.5) is 0 Å². The van der Waals surface area contributed by atoms with Crippen LogP contribution in [-0.4, -0.2) is 16.2 Å². The van der Waals surface area contributed by atoms with Crippen molar-refractivity contribution in [3.8, 4) is 5.75 Å². The smallest absolute Gasteiger partial charge is 0.128 e. The summed E-state index contributed by atoms with van der Waals surface area (Å²) in [6, 6.07) is 5.67. The van der Waals surface area contributed by atoms with Crippen LogP contribution < -0.4 is 4.74 Å². The molecule has 2 rings (SSSR count). The van der Waals surface area contributed by atoms with Crippen LogP contribution >= 0.6 is 11.6 Å². The van der Waals surface area contributed by atoms with Gasteiger partial charge in [0.25, 0.3) is 0 Å². The number of hydrogen-bond donors (Lipinski definition) is 0. The van der Waals surface area contributed by atoms with E-state index in [0.717, 1.165) is 23.4 Å². The molecule has 0 saturated heterocycles. The summed E-state index contributed by atoms with van der Waals surface area (Å²) in [5.41, 5.74) is 1.98. The van der Waals surface area contributed by atoms with Crippen molar-refractivity contribution in [2.75, 3.05) is 6.61 Å². The number of aromatic nitrogens is 2. The molecule has 1 aromatic heterocycles. The van der Waals surface area contributed by atoms with E-state index in [1.807, 2.05) is 42.0 Å². The van der Waals surface area contributed by atoms with Gasteiger partial charge in [-0.15, -0.1) is 0 Å². The minimum Gasteiger partial charge on any atom is -0.493 e. The molecule has 0 aliphatic rings. The lowest BCUT2D eigenvalue weighted by Gasteiger charge is -2.14. The molecule has 3 nitrogen and oxygen atoms in total. The number of hydrogen-bond acceptors (Lipinski definition) is 2. The topological polar surface area (TPSA) is 27.1 Å². The van der Waals surface area contributed by atoms with E-state index in [1.54, 1.807) is 12.5 Å². The van der Waals surface area contributed by atoms with Crippen molar-refractivity contribution in [1.82, 2.24) is 9.55 Å². The first-order valence-electron chi connectivity index (χ1n) is 6.33. The van der Waals surface area contributed by atoms with Crippen molar-refractivity contribution >= 4 is 17.3 Å². The molecule has 0 aliphatic heterocycles. The molecule has 4 heteroatoms. The van der Waals surface area contributed by atoms with E-state index in [9.17, 15) is 0 Å². The zero-order chi connectivity index (χ0) is 13.7. The monoisotopic (exact) mass is 276 g/mol. The Bertz CT molecular complexity index is 562. The molecule has 2 aromatic rings. The maximum Gasteiger partial charge on any atom is 0.128 e. The Hall–Kier alpha value is -1.74. The summed E-state index contributed by atoms with van der Waals surface area (Å²) in [5, 5.41) is 0.693. The van der Waals surface area contributed by atoms with Crippen LogP contribution in [-0.2, 0) is 0 Å². The van der Waals surface area contributed by atoms with Gasteiger partial charge in [-0.25, -0.2) is 4.98 Å². The molecule has 0 radical (unpaired) electrons. The lowest BCUT2D eigenvalue weighted by molar-refractivity contribution is 0.316. The zero-order valence-corrected chi connectivity index (χ0v) is 11.9. The Morgan fingerprint density at radius 2 is 2.32 bits per heavy atom. The number of allylic oxidation sites excluding steroid dienone is 1. The molecule has 1 aromatic carbocycles. The van der Waals surface area contributed by atoms with Crippen LogP contribution in [0, 0.1) is 0 Å². The highest BCUT2D eigenvalue weighted by Crippen LogP contribution is 2.30. The van der Waals surface area contributed by atoms with Gasteiger partial charge in [-0.1, -0.05) is 24.6 Å². The minimum absolute atomic E-state index is 0.690. The molecular formula is C15H17ClN2O. The van der Waals surface area contributed by atoms with E-state index in [2.05, 4.69) is 11.9 Å². The first-order valence-corrected chi connectivity index (χ1v) is 6.71. The fraction of sp³-hybridized carbons (Fsp3) is 0.267. The molecule has 1 heterocycles. The van der Waals surface area contributed by atoms with Crippen LogP contribution in [0.25, 0.3) is 5.70 Å². The molecular weight excluding hydrogens is 260 g/mol. The third kappa shape index (κ3) is 3.18. The van der Waals surface area contributed by atoms with Crippen LogP contribution in [0.5, 0.6) is 5.75 Å². The average Bonchev–Trinajstić information content (AvgIpc) is 2.93. The van der Waals surface area contributed by atoms with Crippen molar-refractivity contribution < 1.29 is 4.74 Å². The standard InChI is InChI=1S/C15H17ClN2O/c1-3-9-19-15-6-5-12(16)10-13(15)14(4-2)18-8-7-17-11-18/h4-8,10-11H,3,9H2,1-2H3/b14-4-. The third-order valence-electron chi connectivity index (χ3n) is 2.74. The van der Waals surface area contributed by atoms with Crippen molar-refractivity contribution in [3.63, 3.8) is 0 Å². The van der Waals surface area contributed by atoms with Crippen LogP contribution in [0.15, 0.2) is 43.0 Å². The van der Waals surface area contributed by atoms with Crippen molar-refractivity contribution in [2.45, 2.75) is 20.3 Å². The average molecular weight is 277 g/mol. The van der Waals surface area contributed by atoms with E-state index < -0.39 is 0 Å². The highest BCUT2D eigenvalue weighted by atomic mass is 35.5. The highest BCUT2D eigenvalue weighted by Gasteiger charge is 2.11. The summed E-state index contributed by atoms with van der Waals surface area (Å²) in [5.74, 6) is 0.841. The van der Waals surface area contributed by atoms with Crippen LogP contribution in [0.3, 0.4) is 0 Å². The SMILES string of the molecule is C/C=C(/c1cc(Cl)ccc1OCCC)n1ccnc1. The largest absolute Gasteiger partial charge is 0.493 e. The summed E-state index contributed by atoms with van der Waals surface area (Å²) in [6.07, 6.45) is 8.41. The zero-order valence-electron chi connectivity index (χ0n) is 11.1. The van der Waals surface area contributed by atoms with Crippen LogP contribution in [0.1, 0.15) is 25.8 Å². The summed E-state index contributed by atoms with van der Waals surface area (Å²) < 4.78 is 7.74. The fourth-order valence-corrected chi connectivity index (χ4v) is 2.06. The van der Waals surface area contributed by atoms with Gasteiger partial charge in [-0.3, -0.25) is 0 Å². The molecule has 0 bridgehead atoms. The number of nitrogens with zero attached hydrogens (tertiary/aromatic N) is 2. The summed E-state index contributed by atoms with van der Waals surface area (Å²) in [4.78, 5) is 4.08. The number of halogens is 1. The van der Waals surface area contributed by atoms with Gasteiger partial charge >= 0.3 is 0 Å². The molecule has 0 unspecified atom stereocenters. The fourth-order valence-electron chi connectivity index (χ4n) is 1.89. The van der Waals surface area contributed by atoms with Crippen molar-refractivity contribution in [2.24, 2.45) is 0 Å². The van der Waals surface area contributed by atoms with Crippen LogP contribution in [0.2, 0.25) is 5.02 Å². The third-order valence-corrected chi connectivity index (χ3v) is 2.97.